The zero-order valence-electron chi connectivity index (χ0n) is 11.0. The number of sulfone groups is 1. The average Bonchev–Trinajstić information content (AvgIpc) is 2.35. The van der Waals surface area contributed by atoms with Crippen LogP contribution in [0.25, 0.3) is 0 Å². The molecule has 0 saturated carbocycles. The van der Waals surface area contributed by atoms with Gasteiger partial charge in [-0.1, -0.05) is 6.92 Å². The van der Waals surface area contributed by atoms with Crippen molar-refractivity contribution >= 4 is 15.8 Å². The van der Waals surface area contributed by atoms with E-state index < -0.39 is 9.84 Å². The van der Waals surface area contributed by atoms with E-state index in [1.54, 1.807) is 0 Å². The molecule has 0 aromatic heterocycles. The molecule has 0 amide bonds. The first kappa shape index (κ1) is 15.4. The normalized spacial score (nSPS) is 21.4. The Morgan fingerprint density at radius 1 is 1.39 bits per heavy atom. The van der Waals surface area contributed by atoms with E-state index in [-0.39, 0.29) is 23.5 Å². The third kappa shape index (κ3) is 4.91. The maximum absolute atomic E-state index is 11.6. The number of carbonyl (C=O) groups is 1. The van der Waals surface area contributed by atoms with Crippen molar-refractivity contribution in [2.45, 2.75) is 19.4 Å². The first-order valence-electron chi connectivity index (χ1n) is 6.22. The molecular formula is C11H22N2O4S. The third-order valence-electron chi connectivity index (χ3n) is 3.00. The average molecular weight is 278 g/mol. The van der Waals surface area contributed by atoms with Crippen LogP contribution in [0.3, 0.4) is 0 Å². The first-order valence-corrected chi connectivity index (χ1v) is 8.04. The number of methoxy groups -OCH3 is 1. The van der Waals surface area contributed by atoms with Gasteiger partial charge in [0.15, 0.2) is 9.84 Å². The van der Waals surface area contributed by atoms with Crippen molar-refractivity contribution in [2.24, 2.45) is 0 Å². The van der Waals surface area contributed by atoms with E-state index in [2.05, 4.69) is 5.32 Å². The van der Waals surface area contributed by atoms with Crippen LogP contribution in [0, 0.1) is 0 Å². The second kappa shape index (κ2) is 7.06. The Kier molecular flexibility index (Phi) is 6.04. The molecule has 1 aliphatic heterocycles. The minimum absolute atomic E-state index is 0.175. The molecule has 1 rings (SSSR count). The van der Waals surface area contributed by atoms with Gasteiger partial charge in [-0.2, -0.15) is 0 Å². The van der Waals surface area contributed by atoms with Crippen LogP contribution >= 0.6 is 0 Å². The lowest BCUT2D eigenvalue weighted by Crippen LogP contribution is -2.50. The molecule has 1 unspecified atom stereocenters. The molecule has 0 bridgehead atoms. The fourth-order valence-electron chi connectivity index (χ4n) is 1.87. The van der Waals surface area contributed by atoms with E-state index in [9.17, 15) is 13.2 Å². The van der Waals surface area contributed by atoms with Gasteiger partial charge in [-0.15, -0.1) is 0 Å². The Balaban J connectivity index is 2.48. The van der Waals surface area contributed by atoms with Crippen molar-refractivity contribution < 1.29 is 17.9 Å². The highest BCUT2D eigenvalue weighted by atomic mass is 32.2. The molecule has 1 atom stereocenters. The molecule has 1 aliphatic rings. The number of carbonyl (C=O) groups excluding carboxylic acids is 1. The summed E-state index contributed by atoms with van der Waals surface area (Å²) in [6.07, 6.45) is 0.932. The van der Waals surface area contributed by atoms with Gasteiger partial charge in [0.05, 0.1) is 18.6 Å². The largest absolute Gasteiger partial charge is 0.468 e. The summed E-state index contributed by atoms with van der Waals surface area (Å²) >= 11 is 0. The predicted octanol–water partition coefficient (Wildman–Crippen LogP) is -0.742. The van der Waals surface area contributed by atoms with Gasteiger partial charge in [0.1, 0.15) is 6.04 Å². The van der Waals surface area contributed by atoms with Crippen LogP contribution < -0.4 is 5.32 Å². The van der Waals surface area contributed by atoms with Gasteiger partial charge < -0.3 is 10.1 Å². The molecular weight excluding hydrogens is 256 g/mol. The van der Waals surface area contributed by atoms with E-state index in [1.807, 2.05) is 11.8 Å². The van der Waals surface area contributed by atoms with E-state index in [0.29, 0.717) is 19.6 Å². The van der Waals surface area contributed by atoms with Crippen LogP contribution in [0.2, 0.25) is 0 Å². The highest BCUT2D eigenvalue weighted by Crippen LogP contribution is 2.05. The van der Waals surface area contributed by atoms with Gasteiger partial charge in [-0.05, 0) is 13.0 Å². The van der Waals surface area contributed by atoms with Crippen molar-refractivity contribution in [3.63, 3.8) is 0 Å². The molecule has 0 aliphatic carbocycles. The number of rotatable bonds is 6. The summed E-state index contributed by atoms with van der Waals surface area (Å²) in [4.78, 5) is 13.6. The monoisotopic (exact) mass is 278 g/mol. The highest BCUT2D eigenvalue weighted by Gasteiger charge is 2.26. The van der Waals surface area contributed by atoms with Gasteiger partial charge >= 0.3 is 5.97 Å². The van der Waals surface area contributed by atoms with Crippen LogP contribution in [0.4, 0.5) is 0 Å². The lowest BCUT2D eigenvalue weighted by molar-refractivity contribution is -0.143. The summed E-state index contributed by atoms with van der Waals surface area (Å²) in [7, 11) is -1.51. The van der Waals surface area contributed by atoms with Crippen LogP contribution in [-0.2, 0) is 19.4 Å². The molecule has 0 aromatic carbocycles. The summed E-state index contributed by atoms with van der Waals surface area (Å²) in [6.45, 7) is 4.25. The molecule has 7 heteroatoms. The fourth-order valence-corrected chi connectivity index (χ4v) is 3.15. The predicted molar refractivity (Wildman–Crippen MR) is 69.2 cm³/mol. The number of ether oxygens (including phenoxy) is 1. The zero-order valence-corrected chi connectivity index (χ0v) is 11.8. The topological polar surface area (TPSA) is 75.7 Å². The lowest BCUT2D eigenvalue weighted by Gasteiger charge is -2.29. The van der Waals surface area contributed by atoms with Crippen molar-refractivity contribution in [2.75, 3.05) is 44.8 Å². The lowest BCUT2D eigenvalue weighted by atomic mass is 10.2. The zero-order chi connectivity index (χ0) is 13.6. The fraction of sp³-hybridized carbons (Fsp3) is 0.909. The van der Waals surface area contributed by atoms with Gasteiger partial charge in [0.25, 0.3) is 0 Å². The van der Waals surface area contributed by atoms with E-state index >= 15 is 0 Å². The SMILES string of the molecule is CCCNC(CN1CCS(=O)(=O)CC1)C(=O)OC. The van der Waals surface area contributed by atoms with Gasteiger partial charge in [0, 0.05) is 19.6 Å². The van der Waals surface area contributed by atoms with E-state index in [0.717, 1.165) is 13.0 Å². The molecule has 106 valence electrons. The van der Waals surface area contributed by atoms with Crippen molar-refractivity contribution in [1.82, 2.24) is 10.2 Å². The van der Waals surface area contributed by atoms with Gasteiger partial charge in [-0.3, -0.25) is 9.69 Å². The number of hydrogen-bond acceptors (Lipinski definition) is 6. The summed E-state index contributed by atoms with van der Waals surface area (Å²) < 4.78 is 27.4. The molecule has 1 saturated heterocycles. The summed E-state index contributed by atoms with van der Waals surface area (Å²) in [5.74, 6) is 0.0560. The van der Waals surface area contributed by atoms with Crippen LogP contribution in [0.15, 0.2) is 0 Å². The molecule has 6 nitrogen and oxygen atoms in total. The second-order valence-electron chi connectivity index (χ2n) is 4.48. The minimum atomic E-state index is -2.87. The van der Waals surface area contributed by atoms with Crippen LogP contribution in [0.1, 0.15) is 13.3 Å². The van der Waals surface area contributed by atoms with Crippen LogP contribution in [0.5, 0.6) is 0 Å². The minimum Gasteiger partial charge on any atom is -0.468 e. The van der Waals surface area contributed by atoms with Crippen molar-refractivity contribution in [1.29, 1.82) is 0 Å². The van der Waals surface area contributed by atoms with E-state index in [4.69, 9.17) is 4.74 Å². The van der Waals surface area contributed by atoms with Crippen LogP contribution in [-0.4, -0.2) is 70.1 Å². The molecule has 1 heterocycles. The Morgan fingerprint density at radius 3 is 2.50 bits per heavy atom. The number of esters is 1. The Hall–Kier alpha value is -0.660. The highest BCUT2D eigenvalue weighted by molar-refractivity contribution is 7.91. The summed E-state index contributed by atoms with van der Waals surface area (Å²) in [5, 5.41) is 3.12. The van der Waals surface area contributed by atoms with Gasteiger partial charge in [0.2, 0.25) is 0 Å². The Morgan fingerprint density at radius 2 is 2.00 bits per heavy atom. The summed E-state index contributed by atoms with van der Waals surface area (Å²) in [5.41, 5.74) is 0. The Labute approximate surface area is 109 Å². The van der Waals surface area contributed by atoms with Crippen molar-refractivity contribution in [3.05, 3.63) is 0 Å². The molecule has 1 N–H and O–H groups in total. The third-order valence-corrected chi connectivity index (χ3v) is 4.61. The molecule has 0 radical (unpaired) electrons. The maximum Gasteiger partial charge on any atom is 0.324 e. The smallest absolute Gasteiger partial charge is 0.324 e. The second-order valence-corrected chi connectivity index (χ2v) is 6.79. The molecule has 0 spiro atoms. The molecule has 1 fully saturated rings. The van der Waals surface area contributed by atoms with Crippen molar-refractivity contribution in [3.8, 4) is 0 Å². The maximum atomic E-state index is 11.6. The number of hydrogen-bond donors (Lipinski definition) is 1. The van der Waals surface area contributed by atoms with E-state index in [1.165, 1.54) is 7.11 Å². The molecule has 0 aromatic rings. The standard InChI is InChI=1S/C11H22N2O4S/c1-3-4-12-10(11(14)17-2)9-13-5-7-18(15,16)8-6-13/h10,12H,3-9H2,1-2H3. The molecule has 18 heavy (non-hydrogen) atoms. The Bertz CT molecular complexity index is 355. The quantitative estimate of drug-likeness (QED) is 0.645. The van der Waals surface area contributed by atoms with Gasteiger partial charge in [-0.25, -0.2) is 8.42 Å². The summed E-state index contributed by atoms with van der Waals surface area (Å²) in [6, 6.07) is -0.379. The number of nitrogens with zero attached hydrogens (tertiary/aromatic N) is 1. The number of nitrogens with one attached hydrogen (secondary N) is 1. The first-order chi connectivity index (χ1) is 8.48.